The van der Waals surface area contributed by atoms with Gasteiger partial charge in [-0.25, -0.2) is 4.98 Å². The SMILES string of the molecule is CN=C(NCCc1nc(-c2ccco2)n[nH]1)N(C)Cc1ccc(C)cc1. The van der Waals surface area contributed by atoms with Crippen molar-refractivity contribution in [1.82, 2.24) is 25.4 Å². The molecule has 1 aromatic carbocycles. The van der Waals surface area contributed by atoms with Crippen molar-refractivity contribution in [2.45, 2.75) is 19.9 Å². The molecule has 7 heteroatoms. The number of benzene rings is 1. The third-order valence-electron chi connectivity index (χ3n) is 4.03. The van der Waals surface area contributed by atoms with Crippen LogP contribution < -0.4 is 5.32 Å². The van der Waals surface area contributed by atoms with Crippen molar-refractivity contribution in [3.05, 3.63) is 59.6 Å². The number of H-pyrrole nitrogens is 1. The number of hydrogen-bond donors (Lipinski definition) is 2. The molecule has 7 nitrogen and oxygen atoms in total. The maximum atomic E-state index is 5.30. The molecule has 3 rings (SSSR count). The lowest BCUT2D eigenvalue weighted by molar-refractivity contribution is 0.477. The van der Waals surface area contributed by atoms with Gasteiger partial charge < -0.3 is 14.6 Å². The quantitative estimate of drug-likeness (QED) is 0.526. The Kier molecular flexibility index (Phi) is 5.68. The van der Waals surface area contributed by atoms with Gasteiger partial charge in [0.15, 0.2) is 11.7 Å². The van der Waals surface area contributed by atoms with E-state index in [0.29, 0.717) is 24.6 Å². The summed E-state index contributed by atoms with van der Waals surface area (Å²) in [7, 11) is 3.82. The van der Waals surface area contributed by atoms with Gasteiger partial charge in [-0.1, -0.05) is 29.8 Å². The second kappa shape index (κ2) is 8.33. The van der Waals surface area contributed by atoms with E-state index >= 15 is 0 Å². The van der Waals surface area contributed by atoms with Crippen molar-refractivity contribution in [2.75, 3.05) is 20.6 Å². The number of aromatic amines is 1. The summed E-state index contributed by atoms with van der Waals surface area (Å²) in [6.07, 6.45) is 2.33. The van der Waals surface area contributed by atoms with Gasteiger partial charge in [0.2, 0.25) is 5.82 Å². The van der Waals surface area contributed by atoms with Crippen LogP contribution >= 0.6 is 0 Å². The molecule has 2 heterocycles. The third-order valence-corrected chi connectivity index (χ3v) is 4.03. The van der Waals surface area contributed by atoms with Crippen LogP contribution in [0.4, 0.5) is 0 Å². The minimum atomic E-state index is 0.575. The van der Waals surface area contributed by atoms with E-state index in [2.05, 4.69) is 61.6 Å². The Morgan fingerprint density at radius 3 is 2.77 bits per heavy atom. The molecular formula is C19H24N6O. The maximum Gasteiger partial charge on any atom is 0.216 e. The van der Waals surface area contributed by atoms with Crippen LogP contribution in [0.2, 0.25) is 0 Å². The van der Waals surface area contributed by atoms with Gasteiger partial charge in [0.1, 0.15) is 5.82 Å². The van der Waals surface area contributed by atoms with Gasteiger partial charge in [-0.15, -0.1) is 0 Å². The van der Waals surface area contributed by atoms with Crippen molar-refractivity contribution in [3.63, 3.8) is 0 Å². The molecule has 0 saturated heterocycles. The molecule has 136 valence electrons. The normalized spacial score (nSPS) is 11.6. The molecule has 0 atom stereocenters. The largest absolute Gasteiger partial charge is 0.461 e. The van der Waals surface area contributed by atoms with Gasteiger partial charge >= 0.3 is 0 Å². The number of aromatic nitrogens is 3. The first-order chi connectivity index (χ1) is 12.7. The average Bonchev–Trinajstić information content (AvgIpc) is 3.32. The second-order valence-electron chi connectivity index (χ2n) is 6.15. The third kappa shape index (κ3) is 4.50. The zero-order valence-electron chi connectivity index (χ0n) is 15.4. The monoisotopic (exact) mass is 352 g/mol. The van der Waals surface area contributed by atoms with Crippen LogP contribution in [0.5, 0.6) is 0 Å². The van der Waals surface area contributed by atoms with E-state index in [0.717, 1.165) is 18.3 Å². The molecule has 26 heavy (non-hydrogen) atoms. The maximum absolute atomic E-state index is 5.30. The number of aryl methyl sites for hydroxylation is 1. The first kappa shape index (κ1) is 17.7. The number of rotatable bonds is 6. The molecular weight excluding hydrogens is 328 g/mol. The Balaban J connectivity index is 1.50. The van der Waals surface area contributed by atoms with Crippen LogP contribution in [0, 0.1) is 6.92 Å². The Hall–Kier alpha value is -3.09. The number of furan rings is 1. The van der Waals surface area contributed by atoms with E-state index in [4.69, 9.17) is 4.42 Å². The van der Waals surface area contributed by atoms with E-state index in [1.54, 1.807) is 13.3 Å². The highest BCUT2D eigenvalue weighted by Crippen LogP contribution is 2.14. The van der Waals surface area contributed by atoms with Gasteiger partial charge in [-0.2, -0.15) is 5.10 Å². The van der Waals surface area contributed by atoms with Crippen molar-refractivity contribution < 1.29 is 4.42 Å². The Morgan fingerprint density at radius 2 is 2.08 bits per heavy atom. The molecule has 0 amide bonds. The summed E-state index contributed by atoms with van der Waals surface area (Å²) >= 11 is 0. The van der Waals surface area contributed by atoms with Gasteiger partial charge in [0.05, 0.1) is 6.26 Å². The first-order valence-corrected chi connectivity index (χ1v) is 8.58. The van der Waals surface area contributed by atoms with E-state index < -0.39 is 0 Å². The fraction of sp³-hybridized carbons (Fsp3) is 0.316. The molecule has 0 spiro atoms. The standard InChI is InChI=1S/C19H24N6O/c1-14-6-8-15(9-7-14)13-25(3)19(20-2)21-11-10-17-22-18(24-23-17)16-5-4-12-26-16/h4-9,12H,10-11,13H2,1-3H3,(H,20,21)(H,22,23,24). The number of nitrogens with one attached hydrogen (secondary N) is 2. The summed E-state index contributed by atoms with van der Waals surface area (Å²) < 4.78 is 5.30. The zero-order chi connectivity index (χ0) is 18.4. The highest BCUT2D eigenvalue weighted by atomic mass is 16.3. The summed E-state index contributed by atoms with van der Waals surface area (Å²) in [4.78, 5) is 10.9. The lowest BCUT2D eigenvalue weighted by Gasteiger charge is -2.22. The summed E-state index contributed by atoms with van der Waals surface area (Å²) in [6, 6.07) is 12.2. The molecule has 2 N–H and O–H groups in total. The fourth-order valence-electron chi connectivity index (χ4n) is 2.64. The number of nitrogens with zero attached hydrogens (tertiary/aromatic N) is 4. The highest BCUT2D eigenvalue weighted by Gasteiger charge is 2.10. The molecule has 0 aliphatic rings. The Morgan fingerprint density at radius 1 is 1.27 bits per heavy atom. The van der Waals surface area contributed by atoms with E-state index in [-0.39, 0.29) is 0 Å². The van der Waals surface area contributed by atoms with Crippen molar-refractivity contribution >= 4 is 5.96 Å². The Bertz CT molecular complexity index is 835. The fourth-order valence-corrected chi connectivity index (χ4v) is 2.64. The molecule has 0 saturated carbocycles. The lowest BCUT2D eigenvalue weighted by atomic mass is 10.1. The van der Waals surface area contributed by atoms with Gasteiger partial charge in [-0.3, -0.25) is 10.1 Å². The molecule has 0 aliphatic carbocycles. The predicted molar refractivity (Wildman–Crippen MR) is 102 cm³/mol. The first-order valence-electron chi connectivity index (χ1n) is 8.58. The van der Waals surface area contributed by atoms with E-state index in [9.17, 15) is 0 Å². The molecule has 0 radical (unpaired) electrons. The number of hydrogen-bond acceptors (Lipinski definition) is 4. The molecule has 0 aliphatic heterocycles. The number of guanidine groups is 1. The lowest BCUT2D eigenvalue weighted by Crippen LogP contribution is -2.39. The molecule has 0 unspecified atom stereocenters. The van der Waals surface area contributed by atoms with Crippen LogP contribution in [0.15, 0.2) is 52.1 Å². The number of aliphatic imine (C=N–C) groups is 1. The zero-order valence-corrected chi connectivity index (χ0v) is 15.4. The summed E-state index contributed by atoms with van der Waals surface area (Å²) in [5.74, 6) is 2.89. The van der Waals surface area contributed by atoms with Crippen LogP contribution in [-0.4, -0.2) is 46.7 Å². The summed E-state index contributed by atoms with van der Waals surface area (Å²) in [5.41, 5.74) is 2.51. The van der Waals surface area contributed by atoms with Gasteiger partial charge in [0.25, 0.3) is 0 Å². The van der Waals surface area contributed by atoms with Gasteiger partial charge in [0, 0.05) is 33.6 Å². The van der Waals surface area contributed by atoms with E-state index in [1.165, 1.54) is 11.1 Å². The smallest absolute Gasteiger partial charge is 0.216 e. The minimum absolute atomic E-state index is 0.575. The molecule has 3 aromatic rings. The molecule has 2 aromatic heterocycles. The molecule has 0 bridgehead atoms. The van der Waals surface area contributed by atoms with Crippen molar-refractivity contribution in [2.24, 2.45) is 4.99 Å². The van der Waals surface area contributed by atoms with Crippen LogP contribution in [0.1, 0.15) is 17.0 Å². The van der Waals surface area contributed by atoms with Crippen LogP contribution in [0.3, 0.4) is 0 Å². The van der Waals surface area contributed by atoms with Crippen LogP contribution in [-0.2, 0) is 13.0 Å². The minimum Gasteiger partial charge on any atom is -0.461 e. The van der Waals surface area contributed by atoms with Gasteiger partial charge in [-0.05, 0) is 24.6 Å². The van der Waals surface area contributed by atoms with E-state index in [1.807, 2.05) is 19.2 Å². The van der Waals surface area contributed by atoms with Crippen LogP contribution in [0.25, 0.3) is 11.6 Å². The highest BCUT2D eigenvalue weighted by molar-refractivity contribution is 5.79. The topological polar surface area (TPSA) is 82.3 Å². The predicted octanol–water partition coefficient (Wildman–Crippen LogP) is 2.62. The average molecular weight is 352 g/mol. The Labute approximate surface area is 153 Å². The summed E-state index contributed by atoms with van der Waals surface area (Å²) in [5, 5.41) is 10.5. The summed E-state index contributed by atoms with van der Waals surface area (Å²) in [6.45, 7) is 3.59. The van der Waals surface area contributed by atoms with Crippen molar-refractivity contribution in [1.29, 1.82) is 0 Å². The van der Waals surface area contributed by atoms with Crippen molar-refractivity contribution in [3.8, 4) is 11.6 Å². The molecule has 0 fully saturated rings. The second-order valence-corrected chi connectivity index (χ2v) is 6.15.